The molecule has 1 aliphatic rings. The van der Waals surface area contributed by atoms with Crippen LogP contribution in [0.5, 0.6) is 5.75 Å². The third kappa shape index (κ3) is 3.94. The summed E-state index contributed by atoms with van der Waals surface area (Å²) in [5, 5.41) is 9.87. The number of aryl methyl sites for hydroxylation is 1. The van der Waals surface area contributed by atoms with Crippen LogP contribution in [0.3, 0.4) is 0 Å². The summed E-state index contributed by atoms with van der Waals surface area (Å²) in [6.07, 6.45) is 3.66. The molecule has 1 amide bonds. The molecule has 1 saturated heterocycles. The number of pyridine rings is 1. The van der Waals surface area contributed by atoms with E-state index in [1.54, 1.807) is 0 Å². The van der Waals surface area contributed by atoms with Crippen molar-refractivity contribution in [3.8, 4) is 5.75 Å². The van der Waals surface area contributed by atoms with Gasteiger partial charge in [-0.3, -0.25) is 15.2 Å². The van der Waals surface area contributed by atoms with Gasteiger partial charge in [-0.1, -0.05) is 36.9 Å². The van der Waals surface area contributed by atoms with E-state index in [0.717, 1.165) is 29.8 Å². The zero-order valence-electron chi connectivity index (χ0n) is 13.4. The maximum Gasteiger partial charge on any atom is 0.244 e. The lowest BCUT2D eigenvalue weighted by Crippen LogP contribution is -2.20. The second-order valence-corrected chi connectivity index (χ2v) is 6.61. The minimum absolute atomic E-state index is 0.139. The fourth-order valence-electron chi connectivity index (χ4n) is 2.42. The molecule has 0 spiro atoms. The summed E-state index contributed by atoms with van der Waals surface area (Å²) in [7, 11) is 0. The van der Waals surface area contributed by atoms with Crippen molar-refractivity contribution in [3.05, 3.63) is 59.4 Å². The largest absolute Gasteiger partial charge is 0.493 e. The first-order chi connectivity index (χ1) is 11.7. The molecule has 2 N–H and O–H groups in total. The van der Waals surface area contributed by atoms with Crippen molar-refractivity contribution >= 4 is 22.8 Å². The second kappa shape index (κ2) is 7.49. The minimum Gasteiger partial charge on any atom is -0.493 e. The zero-order chi connectivity index (χ0) is 16.9. The van der Waals surface area contributed by atoms with E-state index in [1.807, 2.05) is 36.5 Å². The van der Waals surface area contributed by atoms with Crippen LogP contribution in [0, 0.1) is 5.41 Å². The van der Waals surface area contributed by atoms with Crippen molar-refractivity contribution in [2.75, 3.05) is 6.61 Å². The third-order valence-corrected chi connectivity index (χ3v) is 4.87. The first kappa shape index (κ1) is 16.5. The van der Waals surface area contributed by atoms with E-state index in [-0.39, 0.29) is 16.3 Å². The Balaban J connectivity index is 1.52. The zero-order valence-corrected chi connectivity index (χ0v) is 14.2. The van der Waals surface area contributed by atoms with Gasteiger partial charge in [-0.05, 0) is 35.7 Å². The molecular weight excluding hydrogens is 322 g/mol. The molecule has 1 atom stereocenters. The average Bonchev–Trinajstić information content (AvgIpc) is 2.94. The van der Waals surface area contributed by atoms with Crippen molar-refractivity contribution < 1.29 is 9.53 Å². The van der Waals surface area contributed by atoms with Gasteiger partial charge in [-0.15, -0.1) is 0 Å². The van der Waals surface area contributed by atoms with Gasteiger partial charge in [0.05, 0.1) is 6.61 Å². The first-order valence-corrected chi connectivity index (χ1v) is 8.76. The Morgan fingerprint density at radius 2 is 2.04 bits per heavy atom. The molecule has 3 rings (SSSR count). The van der Waals surface area contributed by atoms with Gasteiger partial charge in [0.2, 0.25) is 5.91 Å². The summed E-state index contributed by atoms with van der Waals surface area (Å²) in [4.78, 5) is 16.1. The molecule has 2 heterocycles. The van der Waals surface area contributed by atoms with Gasteiger partial charge in [0.25, 0.3) is 0 Å². The fraction of sp³-hybridized carbons (Fsp3) is 0.278. The lowest BCUT2D eigenvalue weighted by Gasteiger charge is -2.09. The maximum atomic E-state index is 11.7. The number of hydrogen-bond donors (Lipinski definition) is 2. The van der Waals surface area contributed by atoms with Crippen LogP contribution >= 0.6 is 11.8 Å². The second-order valence-electron chi connectivity index (χ2n) is 5.50. The highest BCUT2D eigenvalue weighted by Crippen LogP contribution is 2.34. The van der Waals surface area contributed by atoms with E-state index in [4.69, 9.17) is 10.1 Å². The Hall–Kier alpha value is -2.34. The van der Waals surface area contributed by atoms with Crippen LogP contribution < -0.4 is 10.1 Å². The summed E-state index contributed by atoms with van der Waals surface area (Å²) < 4.78 is 5.74. The van der Waals surface area contributed by atoms with Crippen molar-refractivity contribution in [2.45, 2.75) is 25.0 Å². The van der Waals surface area contributed by atoms with Gasteiger partial charge in [-0.25, -0.2) is 0 Å². The molecule has 1 aromatic carbocycles. The summed E-state index contributed by atoms with van der Waals surface area (Å²) in [6, 6.07) is 11.6. The highest BCUT2D eigenvalue weighted by atomic mass is 32.2. The van der Waals surface area contributed by atoms with Crippen LogP contribution in [-0.4, -0.2) is 22.7 Å². The SMILES string of the molecule is CCc1ccc(CCOc2ccc(C3SC(=N)NC3=O)cc2)nc1. The Morgan fingerprint density at radius 3 is 2.62 bits per heavy atom. The highest BCUT2D eigenvalue weighted by molar-refractivity contribution is 8.15. The Morgan fingerprint density at radius 1 is 1.25 bits per heavy atom. The predicted molar refractivity (Wildman–Crippen MR) is 95.5 cm³/mol. The van der Waals surface area contributed by atoms with Crippen molar-refractivity contribution in [1.29, 1.82) is 5.41 Å². The molecule has 0 aliphatic carbocycles. The summed E-state index contributed by atoms with van der Waals surface area (Å²) in [5.41, 5.74) is 3.13. The van der Waals surface area contributed by atoms with Crippen LogP contribution in [0.4, 0.5) is 0 Å². The number of hydrogen-bond acceptors (Lipinski definition) is 5. The van der Waals surface area contributed by atoms with E-state index < -0.39 is 0 Å². The molecule has 2 aromatic rings. The van der Waals surface area contributed by atoms with Gasteiger partial charge < -0.3 is 10.1 Å². The number of carbonyl (C=O) groups is 1. The number of aromatic nitrogens is 1. The number of carbonyl (C=O) groups excluding carboxylic acids is 1. The molecule has 1 unspecified atom stereocenters. The van der Waals surface area contributed by atoms with E-state index >= 15 is 0 Å². The Bertz CT molecular complexity index is 729. The number of thioether (sulfide) groups is 1. The smallest absolute Gasteiger partial charge is 0.244 e. The summed E-state index contributed by atoms with van der Waals surface area (Å²) >= 11 is 1.22. The number of benzene rings is 1. The van der Waals surface area contributed by atoms with Crippen LogP contribution in [0.1, 0.15) is 29.0 Å². The molecule has 1 aromatic heterocycles. The standard InChI is InChI=1S/C18H19N3O2S/c1-2-12-3-6-14(20-11-12)9-10-23-15-7-4-13(5-8-15)16-17(22)21-18(19)24-16/h3-8,11,16H,2,9-10H2,1H3,(H2,19,21,22). The van der Waals surface area contributed by atoms with E-state index in [9.17, 15) is 4.79 Å². The summed E-state index contributed by atoms with van der Waals surface area (Å²) in [6.45, 7) is 2.67. The quantitative estimate of drug-likeness (QED) is 0.846. The first-order valence-electron chi connectivity index (χ1n) is 7.88. The number of ether oxygens (including phenoxy) is 1. The van der Waals surface area contributed by atoms with Gasteiger partial charge in [0.15, 0.2) is 5.17 Å². The number of amides is 1. The van der Waals surface area contributed by atoms with Gasteiger partial charge in [-0.2, -0.15) is 0 Å². The van der Waals surface area contributed by atoms with Crippen LogP contribution in [0.25, 0.3) is 0 Å². The van der Waals surface area contributed by atoms with Crippen molar-refractivity contribution in [2.24, 2.45) is 0 Å². The topological polar surface area (TPSA) is 75.1 Å². The third-order valence-electron chi connectivity index (χ3n) is 3.81. The van der Waals surface area contributed by atoms with Gasteiger partial charge >= 0.3 is 0 Å². The fourth-order valence-corrected chi connectivity index (χ4v) is 3.28. The van der Waals surface area contributed by atoms with E-state index in [0.29, 0.717) is 6.61 Å². The molecule has 1 fully saturated rings. The molecule has 1 aliphatic heterocycles. The number of amidine groups is 1. The maximum absolute atomic E-state index is 11.7. The molecule has 5 nitrogen and oxygen atoms in total. The lowest BCUT2D eigenvalue weighted by atomic mass is 10.1. The highest BCUT2D eigenvalue weighted by Gasteiger charge is 2.30. The molecule has 6 heteroatoms. The van der Waals surface area contributed by atoms with Gasteiger partial charge in [0, 0.05) is 18.3 Å². The van der Waals surface area contributed by atoms with E-state index in [1.165, 1.54) is 17.3 Å². The van der Waals surface area contributed by atoms with Crippen LogP contribution in [-0.2, 0) is 17.6 Å². The van der Waals surface area contributed by atoms with E-state index in [2.05, 4.69) is 23.3 Å². The lowest BCUT2D eigenvalue weighted by molar-refractivity contribution is -0.118. The molecule has 24 heavy (non-hydrogen) atoms. The Labute approximate surface area is 145 Å². The molecular formula is C18H19N3O2S. The Kier molecular flexibility index (Phi) is 5.15. The van der Waals surface area contributed by atoms with Crippen molar-refractivity contribution in [3.63, 3.8) is 0 Å². The number of nitrogens with zero attached hydrogens (tertiary/aromatic N) is 1. The number of nitrogens with one attached hydrogen (secondary N) is 2. The predicted octanol–water partition coefficient (Wildman–Crippen LogP) is 3.10. The number of rotatable bonds is 6. The molecule has 0 bridgehead atoms. The minimum atomic E-state index is -0.340. The monoisotopic (exact) mass is 341 g/mol. The van der Waals surface area contributed by atoms with Crippen LogP contribution in [0.2, 0.25) is 0 Å². The molecule has 0 radical (unpaired) electrons. The molecule has 0 saturated carbocycles. The van der Waals surface area contributed by atoms with Crippen LogP contribution in [0.15, 0.2) is 42.6 Å². The summed E-state index contributed by atoms with van der Waals surface area (Å²) in [5.74, 6) is 0.627. The average molecular weight is 341 g/mol. The normalized spacial score (nSPS) is 17.0. The molecule has 124 valence electrons. The van der Waals surface area contributed by atoms with Gasteiger partial charge in [0.1, 0.15) is 11.0 Å². The van der Waals surface area contributed by atoms with Crippen molar-refractivity contribution in [1.82, 2.24) is 10.3 Å².